The average molecular weight is 421 g/mol. The van der Waals surface area contributed by atoms with Crippen LogP contribution >= 0.6 is 0 Å². The number of nitro benzene ring substituents is 1. The number of imide groups is 1. The van der Waals surface area contributed by atoms with Crippen LogP contribution in [0.2, 0.25) is 0 Å². The van der Waals surface area contributed by atoms with Gasteiger partial charge in [0.05, 0.1) is 23.3 Å². The van der Waals surface area contributed by atoms with Crippen molar-refractivity contribution >= 4 is 23.4 Å². The molecule has 2 aromatic carbocycles. The van der Waals surface area contributed by atoms with Crippen LogP contribution in [-0.4, -0.2) is 32.7 Å². The highest BCUT2D eigenvalue weighted by molar-refractivity contribution is 6.08. The molecule has 0 aromatic heterocycles. The average Bonchev–Trinajstić information content (AvgIpc) is 3.01. The van der Waals surface area contributed by atoms with Gasteiger partial charge in [-0.1, -0.05) is 49.4 Å². The van der Waals surface area contributed by atoms with E-state index in [9.17, 15) is 24.5 Å². The van der Waals surface area contributed by atoms with Gasteiger partial charge in [-0.2, -0.15) is 5.01 Å². The smallest absolute Gasteiger partial charge is 0.272 e. The fraction of sp³-hybridized carbons (Fsp3) is 0.348. The molecule has 1 saturated heterocycles. The van der Waals surface area contributed by atoms with Crippen LogP contribution in [0.15, 0.2) is 54.6 Å². The molecule has 4 rings (SSSR count). The lowest BCUT2D eigenvalue weighted by molar-refractivity contribution is -0.385. The summed E-state index contributed by atoms with van der Waals surface area (Å²) in [6.07, 6.45) is 2.06. The van der Waals surface area contributed by atoms with Crippen molar-refractivity contribution in [2.75, 3.05) is 0 Å². The van der Waals surface area contributed by atoms with Gasteiger partial charge in [0, 0.05) is 6.07 Å². The maximum atomic E-state index is 13.5. The fourth-order valence-corrected chi connectivity index (χ4v) is 4.55. The third kappa shape index (κ3) is 3.81. The van der Waals surface area contributed by atoms with Gasteiger partial charge in [-0.15, -0.1) is 0 Å². The SMILES string of the molecule is C[C@@H]1CC[C@H]2C(=O)N(N(Cc3ccccc3)C(=O)c3ccccc3[N+](=O)[O-])C(=O)[C@@H]2C1. The van der Waals surface area contributed by atoms with Crippen molar-refractivity contribution in [3.8, 4) is 0 Å². The Morgan fingerprint density at radius 1 is 1.03 bits per heavy atom. The van der Waals surface area contributed by atoms with E-state index < -0.39 is 34.5 Å². The Bertz CT molecular complexity index is 1040. The molecule has 1 aliphatic heterocycles. The molecular formula is C23H23N3O5. The van der Waals surface area contributed by atoms with Gasteiger partial charge in [0.25, 0.3) is 23.4 Å². The first-order valence-electron chi connectivity index (χ1n) is 10.4. The third-order valence-corrected chi connectivity index (χ3v) is 6.15. The molecule has 2 aliphatic rings. The third-order valence-electron chi connectivity index (χ3n) is 6.15. The Balaban J connectivity index is 1.75. The largest absolute Gasteiger partial charge is 0.282 e. The number of carbonyl (C=O) groups is 3. The number of hydrazine groups is 1. The highest BCUT2D eigenvalue weighted by Gasteiger charge is 2.52. The van der Waals surface area contributed by atoms with E-state index in [1.807, 2.05) is 6.07 Å². The van der Waals surface area contributed by atoms with Crippen LogP contribution in [-0.2, 0) is 16.1 Å². The maximum Gasteiger partial charge on any atom is 0.282 e. The number of rotatable bonds is 5. The molecule has 3 atom stereocenters. The molecule has 0 N–H and O–H groups in total. The standard InChI is InChI=1S/C23H23N3O5/c1-15-11-12-17-19(13-15)23(29)25(22(17)28)24(14-16-7-3-2-4-8-16)21(27)18-9-5-6-10-20(18)26(30)31/h2-10,15,17,19H,11-14H2,1H3/t15-,17-,19-/m1/s1. The van der Waals surface area contributed by atoms with Crippen LogP contribution < -0.4 is 0 Å². The van der Waals surface area contributed by atoms with Gasteiger partial charge < -0.3 is 0 Å². The molecule has 3 amide bonds. The topological polar surface area (TPSA) is 101 Å². The van der Waals surface area contributed by atoms with Crippen LogP contribution in [0.4, 0.5) is 5.69 Å². The van der Waals surface area contributed by atoms with E-state index in [4.69, 9.17) is 0 Å². The van der Waals surface area contributed by atoms with Crippen molar-refractivity contribution in [1.82, 2.24) is 10.0 Å². The number of hydrogen-bond acceptors (Lipinski definition) is 5. The first-order chi connectivity index (χ1) is 14.9. The summed E-state index contributed by atoms with van der Waals surface area (Å²) in [5.41, 5.74) is 0.182. The van der Waals surface area contributed by atoms with Gasteiger partial charge in [-0.25, -0.2) is 5.01 Å². The molecule has 2 aromatic rings. The first-order valence-corrected chi connectivity index (χ1v) is 10.4. The minimum Gasteiger partial charge on any atom is -0.272 e. The van der Waals surface area contributed by atoms with Crippen LogP contribution in [0.25, 0.3) is 0 Å². The van der Waals surface area contributed by atoms with E-state index >= 15 is 0 Å². The molecule has 160 valence electrons. The zero-order valence-corrected chi connectivity index (χ0v) is 17.1. The molecule has 0 radical (unpaired) electrons. The molecular weight excluding hydrogens is 398 g/mol. The Labute approximate surface area is 179 Å². The van der Waals surface area contributed by atoms with Crippen LogP contribution in [0, 0.1) is 27.9 Å². The molecule has 2 fully saturated rings. The van der Waals surface area contributed by atoms with Crippen LogP contribution in [0.3, 0.4) is 0 Å². The van der Waals surface area contributed by atoms with E-state index in [0.717, 1.165) is 16.4 Å². The summed E-state index contributed by atoms with van der Waals surface area (Å²) in [6, 6.07) is 14.5. The predicted octanol–water partition coefficient (Wildman–Crippen LogP) is 3.57. The number of hydrogen-bond donors (Lipinski definition) is 0. The molecule has 0 spiro atoms. The lowest BCUT2D eigenvalue weighted by atomic mass is 9.76. The Morgan fingerprint density at radius 3 is 2.39 bits per heavy atom. The molecule has 8 heteroatoms. The van der Waals surface area contributed by atoms with Crippen molar-refractivity contribution in [3.63, 3.8) is 0 Å². The van der Waals surface area contributed by atoms with Gasteiger partial charge in [0.2, 0.25) is 0 Å². The molecule has 0 unspecified atom stereocenters. The van der Waals surface area contributed by atoms with Gasteiger partial charge in [-0.05, 0) is 36.8 Å². The van der Waals surface area contributed by atoms with E-state index in [2.05, 4.69) is 6.92 Å². The monoisotopic (exact) mass is 421 g/mol. The van der Waals surface area contributed by atoms with E-state index in [1.54, 1.807) is 24.3 Å². The molecule has 1 aliphatic carbocycles. The molecule has 1 heterocycles. The second kappa shape index (κ2) is 8.29. The summed E-state index contributed by atoms with van der Waals surface area (Å²) in [5.74, 6) is -2.11. The summed E-state index contributed by atoms with van der Waals surface area (Å²) >= 11 is 0. The van der Waals surface area contributed by atoms with Crippen molar-refractivity contribution in [1.29, 1.82) is 0 Å². The highest BCUT2D eigenvalue weighted by atomic mass is 16.6. The molecule has 31 heavy (non-hydrogen) atoms. The van der Waals surface area contributed by atoms with Crippen LogP contribution in [0.1, 0.15) is 42.1 Å². The second-order valence-electron chi connectivity index (χ2n) is 8.24. The van der Waals surface area contributed by atoms with Crippen molar-refractivity contribution < 1.29 is 19.3 Å². The summed E-state index contributed by atoms with van der Waals surface area (Å²) in [4.78, 5) is 50.8. The molecule has 8 nitrogen and oxygen atoms in total. The predicted molar refractivity (Wildman–Crippen MR) is 111 cm³/mol. The number of carbonyl (C=O) groups excluding carboxylic acids is 3. The summed E-state index contributed by atoms with van der Waals surface area (Å²) in [5, 5.41) is 13.5. The van der Waals surface area contributed by atoms with Crippen LogP contribution in [0.5, 0.6) is 0 Å². The number of nitrogens with zero attached hydrogens (tertiary/aromatic N) is 3. The maximum absolute atomic E-state index is 13.5. The number of para-hydroxylation sites is 1. The highest BCUT2D eigenvalue weighted by Crippen LogP contribution is 2.41. The van der Waals surface area contributed by atoms with E-state index in [1.165, 1.54) is 24.3 Å². The lowest BCUT2D eigenvalue weighted by Gasteiger charge is -2.30. The number of nitro groups is 1. The Kier molecular flexibility index (Phi) is 5.54. The quantitative estimate of drug-likeness (QED) is 0.417. The number of benzene rings is 2. The zero-order chi connectivity index (χ0) is 22.1. The molecule has 0 bridgehead atoms. The number of amides is 3. The normalized spacial score (nSPS) is 22.9. The van der Waals surface area contributed by atoms with Gasteiger partial charge >= 0.3 is 0 Å². The van der Waals surface area contributed by atoms with Crippen molar-refractivity contribution in [3.05, 3.63) is 75.8 Å². The second-order valence-corrected chi connectivity index (χ2v) is 8.24. The van der Waals surface area contributed by atoms with E-state index in [0.29, 0.717) is 24.3 Å². The van der Waals surface area contributed by atoms with E-state index in [-0.39, 0.29) is 17.8 Å². The Hall–Kier alpha value is -3.55. The zero-order valence-electron chi connectivity index (χ0n) is 17.1. The summed E-state index contributed by atoms with van der Waals surface area (Å²) in [6.45, 7) is 2.01. The summed E-state index contributed by atoms with van der Waals surface area (Å²) < 4.78 is 0. The minimum atomic E-state index is -0.746. The van der Waals surface area contributed by atoms with Crippen molar-refractivity contribution in [2.24, 2.45) is 17.8 Å². The first kappa shape index (κ1) is 20.7. The van der Waals surface area contributed by atoms with Gasteiger partial charge in [0.15, 0.2) is 0 Å². The fourth-order valence-electron chi connectivity index (χ4n) is 4.55. The van der Waals surface area contributed by atoms with Gasteiger partial charge in [-0.3, -0.25) is 24.5 Å². The van der Waals surface area contributed by atoms with Gasteiger partial charge in [0.1, 0.15) is 5.56 Å². The minimum absolute atomic E-state index is 0.0435. The number of fused-ring (bicyclic) bond motifs is 1. The summed E-state index contributed by atoms with van der Waals surface area (Å²) in [7, 11) is 0. The Morgan fingerprint density at radius 2 is 1.68 bits per heavy atom. The lowest BCUT2D eigenvalue weighted by Crippen LogP contribution is -2.49. The molecule has 1 saturated carbocycles. The van der Waals surface area contributed by atoms with Crippen molar-refractivity contribution in [2.45, 2.75) is 32.7 Å².